The normalized spacial score (nSPS) is 17.0. The summed E-state index contributed by atoms with van der Waals surface area (Å²) in [5, 5.41) is 7.91. The van der Waals surface area contributed by atoms with Gasteiger partial charge in [-0.1, -0.05) is 12.1 Å². The monoisotopic (exact) mass is 347 g/mol. The summed E-state index contributed by atoms with van der Waals surface area (Å²) in [5.41, 5.74) is 0.361. The lowest BCUT2D eigenvalue weighted by atomic mass is 10.2. The number of carbonyl (C=O) groups excluding carboxylic acids is 2. The number of carboxylic acids is 1. The highest BCUT2D eigenvalue weighted by Crippen LogP contribution is 2.32. The molecule has 1 N–H and O–H groups in total. The van der Waals surface area contributed by atoms with Crippen LogP contribution in [0.4, 0.5) is 18.0 Å². The first-order valence-corrected chi connectivity index (χ1v) is 6.80. The Balaban J connectivity index is 2.14. The molecule has 1 aliphatic heterocycles. The van der Waals surface area contributed by atoms with E-state index in [1.807, 2.05) is 0 Å². The molecule has 2 rings (SSSR count). The van der Waals surface area contributed by atoms with Crippen molar-refractivity contribution in [3.8, 4) is 5.75 Å². The molecule has 0 aromatic heterocycles. The number of ether oxygens (including phenoxy) is 1. The van der Waals surface area contributed by atoms with Gasteiger partial charge >= 0.3 is 12.3 Å². The van der Waals surface area contributed by atoms with E-state index < -0.39 is 35.8 Å². The van der Waals surface area contributed by atoms with Gasteiger partial charge in [-0.15, -0.1) is 13.2 Å². The van der Waals surface area contributed by atoms with Crippen LogP contribution in [0.5, 0.6) is 5.75 Å². The number of aliphatic carboxylic acids is 1. The molecule has 6 nitrogen and oxygen atoms in total. The molecule has 0 unspecified atom stereocenters. The van der Waals surface area contributed by atoms with Crippen molar-refractivity contribution in [2.24, 2.45) is 0 Å². The summed E-state index contributed by atoms with van der Waals surface area (Å²) >= 11 is 0.557. The number of thioether (sulfide) groups is 1. The van der Waals surface area contributed by atoms with E-state index in [1.54, 1.807) is 0 Å². The Labute approximate surface area is 131 Å². The van der Waals surface area contributed by atoms with E-state index in [-0.39, 0.29) is 4.91 Å². The molecule has 0 atom stereocenters. The minimum absolute atomic E-state index is 0.0132. The molecule has 1 saturated heterocycles. The Morgan fingerprint density at radius 2 is 1.87 bits per heavy atom. The van der Waals surface area contributed by atoms with Crippen LogP contribution in [0.3, 0.4) is 0 Å². The molecule has 0 spiro atoms. The average molecular weight is 347 g/mol. The minimum Gasteiger partial charge on any atom is -0.480 e. The zero-order valence-corrected chi connectivity index (χ0v) is 12.0. The third-order valence-corrected chi connectivity index (χ3v) is 3.49. The van der Waals surface area contributed by atoms with Gasteiger partial charge in [-0.05, 0) is 35.5 Å². The van der Waals surface area contributed by atoms with Gasteiger partial charge < -0.3 is 9.84 Å². The lowest BCUT2D eigenvalue weighted by molar-refractivity contribution is -0.274. The first kappa shape index (κ1) is 16.9. The third-order valence-electron chi connectivity index (χ3n) is 2.58. The summed E-state index contributed by atoms with van der Waals surface area (Å²) in [6.45, 7) is -0.750. The number of hydrogen-bond donors (Lipinski definition) is 1. The van der Waals surface area contributed by atoms with Crippen LogP contribution >= 0.6 is 11.8 Å². The first-order valence-electron chi connectivity index (χ1n) is 5.99. The Morgan fingerprint density at radius 3 is 2.39 bits per heavy atom. The van der Waals surface area contributed by atoms with Gasteiger partial charge in [0.1, 0.15) is 12.3 Å². The molecule has 1 heterocycles. The van der Waals surface area contributed by atoms with E-state index in [4.69, 9.17) is 5.11 Å². The second-order valence-corrected chi connectivity index (χ2v) is 5.27. The third kappa shape index (κ3) is 4.49. The number of halogens is 3. The molecule has 0 radical (unpaired) electrons. The van der Waals surface area contributed by atoms with Crippen LogP contribution in [0.1, 0.15) is 5.56 Å². The molecule has 0 aliphatic carbocycles. The average Bonchev–Trinajstić information content (AvgIpc) is 2.67. The van der Waals surface area contributed by atoms with Gasteiger partial charge in [0, 0.05) is 0 Å². The van der Waals surface area contributed by atoms with E-state index in [2.05, 4.69) is 4.74 Å². The summed E-state index contributed by atoms with van der Waals surface area (Å²) in [6.07, 6.45) is -3.52. The number of amides is 2. The molecule has 10 heteroatoms. The smallest absolute Gasteiger partial charge is 0.480 e. The van der Waals surface area contributed by atoms with Crippen molar-refractivity contribution in [3.05, 3.63) is 34.7 Å². The highest BCUT2D eigenvalue weighted by Gasteiger charge is 2.36. The van der Waals surface area contributed by atoms with Crippen molar-refractivity contribution in [1.29, 1.82) is 0 Å². The summed E-state index contributed by atoms with van der Waals surface area (Å²) < 4.78 is 39.8. The SMILES string of the molecule is O=C(O)CN1C(=O)SC(=Cc2ccc(OC(F)(F)F)cc2)C1=O. The molecular weight excluding hydrogens is 339 g/mol. The maximum atomic E-state index is 12.0. The summed E-state index contributed by atoms with van der Waals surface area (Å²) in [5.74, 6) is -2.52. The first-order chi connectivity index (χ1) is 10.7. The number of carboxylic acid groups (broad SMARTS) is 1. The number of carbonyl (C=O) groups is 3. The van der Waals surface area contributed by atoms with Crippen molar-refractivity contribution >= 4 is 35.0 Å². The minimum atomic E-state index is -4.80. The van der Waals surface area contributed by atoms with Crippen LogP contribution in [-0.2, 0) is 9.59 Å². The van der Waals surface area contributed by atoms with Crippen molar-refractivity contribution in [2.45, 2.75) is 6.36 Å². The van der Waals surface area contributed by atoms with Gasteiger partial charge in [-0.2, -0.15) is 0 Å². The zero-order valence-electron chi connectivity index (χ0n) is 11.2. The highest BCUT2D eigenvalue weighted by molar-refractivity contribution is 8.18. The Hall–Kier alpha value is -2.49. The molecule has 1 aromatic carbocycles. The molecule has 1 aromatic rings. The molecule has 0 bridgehead atoms. The number of rotatable bonds is 4. The topological polar surface area (TPSA) is 83.9 Å². The molecule has 1 fully saturated rings. The fourth-order valence-corrected chi connectivity index (χ4v) is 2.53. The number of alkyl halides is 3. The van der Waals surface area contributed by atoms with Crippen molar-refractivity contribution in [3.63, 3.8) is 0 Å². The van der Waals surface area contributed by atoms with Crippen molar-refractivity contribution in [2.75, 3.05) is 6.54 Å². The maximum absolute atomic E-state index is 12.0. The number of hydrogen-bond acceptors (Lipinski definition) is 5. The predicted molar refractivity (Wildman–Crippen MR) is 73.4 cm³/mol. The summed E-state index contributed by atoms with van der Waals surface area (Å²) in [4.78, 5) is 34.6. The molecule has 0 saturated carbocycles. The van der Waals surface area contributed by atoms with Crippen LogP contribution < -0.4 is 4.74 Å². The summed E-state index contributed by atoms with van der Waals surface area (Å²) in [6, 6.07) is 4.65. The number of nitrogens with zero attached hydrogens (tertiary/aromatic N) is 1. The predicted octanol–water partition coefficient (Wildman–Crippen LogP) is 2.71. The molecule has 23 heavy (non-hydrogen) atoms. The van der Waals surface area contributed by atoms with Gasteiger partial charge in [0.05, 0.1) is 4.91 Å². The van der Waals surface area contributed by atoms with Gasteiger partial charge in [0.25, 0.3) is 11.1 Å². The molecular formula is C13H8F3NO5S. The Bertz CT molecular complexity index is 684. The Morgan fingerprint density at radius 1 is 1.26 bits per heavy atom. The molecule has 122 valence electrons. The van der Waals surface area contributed by atoms with Crippen LogP contribution in [0, 0.1) is 0 Å². The van der Waals surface area contributed by atoms with Crippen LogP contribution in [-0.4, -0.2) is 40.0 Å². The van der Waals surface area contributed by atoms with Crippen molar-refractivity contribution < 1.29 is 37.4 Å². The maximum Gasteiger partial charge on any atom is 0.573 e. The largest absolute Gasteiger partial charge is 0.573 e. The number of imide groups is 1. The number of benzene rings is 1. The van der Waals surface area contributed by atoms with Crippen LogP contribution in [0.15, 0.2) is 29.2 Å². The molecule has 2 amide bonds. The van der Waals surface area contributed by atoms with E-state index in [9.17, 15) is 27.6 Å². The van der Waals surface area contributed by atoms with Crippen LogP contribution in [0.2, 0.25) is 0 Å². The lowest BCUT2D eigenvalue weighted by Gasteiger charge is -2.08. The van der Waals surface area contributed by atoms with Gasteiger partial charge in [0.15, 0.2) is 0 Å². The van der Waals surface area contributed by atoms with Gasteiger partial charge in [0.2, 0.25) is 0 Å². The fraction of sp³-hybridized carbons (Fsp3) is 0.154. The van der Waals surface area contributed by atoms with Gasteiger partial charge in [-0.3, -0.25) is 19.3 Å². The summed E-state index contributed by atoms with van der Waals surface area (Å²) in [7, 11) is 0. The lowest BCUT2D eigenvalue weighted by Crippen LogP contribution is -2.33. The zero-order chi connectivity index (χ0) is 17.2. The molecule has 1 aliphatic rings. The highest BCUT2D eigenvalue weighted by atomic mass is 32.2. The van der Waals surface area contributed by atoms with E-state index in [0.29, 0.717) is 22.2 Å². The van der Waals surface area contributed by atoms with Crippen LogP contribution in [0.25, 0.3) is 6.08 Å². The quantitative estimate of drug-likeness (QED) is 0.843. The second kappa shape index (κ2) is 6.32. The Kier molecular flexibility index (Phi) is 4.64. The van der Waals surface area contributed by atoms with Gasteiger partial charge in [-0.25, -0.2) is 0 Å². The van der Waals surface area contributed by atoms with Crippen molar-refractivity contribution in [1.82, 2.24) is 4.90 Å². The van der Waals surface area contributed by atoms with E-state index in [0.717, 1.165) is 12.1 Å². The van der Waals surface area contributed by atoms with E-state index in [1.165, 1.54) is 18.2 Å². The second-order valence-electron chi connectivity index (χ2n) is 4.28. The fourth-order valence-electron chi connectivity index (χ4n) is 1.69. The van der Waals surface area contributed by atoms with E-state index >= 15 is 0 Å². The standard InChI is InChI=1S/C13H8F3NO5S/c14-13(15,16)22-8-3-1-7(2-4-8)5-9-11(20)17(6-10(18)19)12(21)23-9/h1-5H,6H2,(H,18,19).